The number of carbonyl (C=O) groups is 2. The Labute approximate surface area is 127 Å². The van der Waals surface area contributed by atoms with Crippen molar-refractivity contribution in [2.24, 2.45) is 5.73 Å². The highest BCUT2D eigenvalue weighted by Crippen LogP contribution is 2.22. The number of anilines is 2. The Morgan fingerprint density at radius 3 is 2.48 bits per heavy atom. The number of rotatable bonds is 4. The SMILES string of the molecule is CNc1ccccc1C(=O)Nc1ccc(Cl)c(C(N)=O)c1. The predicted octanol–water partition coefficient (Wildman–Crippen LogP) is 2.73. The van der Waals surface area contributed by atoms with E-state index in [1.807, 2.05) is 6.07 Å². The van der Waals surface area contributed by atoms with Gasteiger partial charge in [-0.2, -0.15) is 0 Å². The van der Waals surface area contributed by atoms with Gasteiger partial charge >= 0.3 is 0 Å². The van der Waals surface area contributed by atoms with E-state index in [0.29, 0.717) is 16.9 Å². The van der Waals surface area contributed by atoms with Gasteiger partial charge in [0.1, 0.15) is 0 Å². The first kappa shape index (κ1) is 14.9. The van der Waals surface area contributed by atoms with Gasteiger partial charge in [0.2, 0.25) is 5.91 Å². The molecule has 0 saturated heterocycles. The van der Waals surface area contributed by atoms with Crippen LogP contribution in [0.1, 0.15) is 20.7 Å². The number of primary amides is 1. The van der Waals surface area contributed by atoms with Crippen LogP contribution in [0.3, 0.4) is 0 Å². The molecule has 0 fully saturated rings. The highest BCUT2D eigenvalue weighted by molar-refractivity contribution is 6.34. The molecule has 0 aromatic heterocycles. The average molecular weight is 304 g/mol. The van der Waals surface area contributed by atoms with E-state index in [1.54, 1.807) is 31.3 Å². The topological polar surface area (TPSA) is 84.2 Å². The van der Waals surface area contributed by atoms with Crippen LogP contribution in [0.2, 0.25) is 5.02 Å². The minimum Gasteiger partial charge on any atom is -0.387 e. The molecule has 4 N–H and O–H groups in total. The van der Waals surface area contributed by atoms with Gasteiger partial charge in [0, 0.05) is 18.4 Å². The van der Waals surface area contributed by atoms with Gasteiger partial charge < -0.3 is 16.4 Å². The van der Waals surface area contributed by atoms with Crippen molar-refractivity contribution in [3.8, 4) is 0 Å². The monoisotopic (exact) mass is 303 g/mol. The second-order valence-corrected chi connectivity index (χ2v) is 4.72. The fraction of sp³-hybridized carbons (Fsp3) is 0.0667. The van der Waals surface area contributed by atoms with Gasteiger partial charge in [-0.1, -0.05) is 23.7 Å². The first-order valence-electron chi connectivity index (χ1n) is 6.20. The van der Waals surface area contributed by atoms with Gasteiger partial charge in [-0.15, -0.1) is 0 Å². The summed E-state index contributed by atoms with van der Waals surface area (Å²) in [7, 11) is 1.74. The zero-order chi connectivity index (χ0) is 15.4. The highest BCUT2D eigenvalue weighted by Gasteiger charge is 2.12. The third-order valence-electron chi connectivity index (χ3n) is 2.93. The van der Waals surface area contributed by atoms with E-state index < -0.39 is 5.91 Å². The molecule has 0 aliphatic heterocycles. The summed E-state index contributed by atoms with van der Waals surface area (Å²) in [5, 5.41) is 5.90. The highest BCUT2D eigenvalue weighted by atomic mass is 35.5. The first-order valence-corrected chi connectivity index (χ1v) is 6.58. The molecule has 0 spiro atoms. The number of benzene rings is 2. The normalized spacial score (nSPS) is 10.0. The summed E-state index contributed by atoms with van der Waals surface area (Å²) in [6.07, 6.45) is 0. The van der Waals surface area contributed by atoms with Crippen LogP contribution in [0, 0.1) is 0 Å². The number of hydrogen-bond acceptors (Lipinski definition) is 3. The molecule has 0 aliphatic carbocycles. The molecule has 0 bridgehead atoms. The van der Waals surface area contributed by atoms with Crippen LogP contribution in [-0.2, 0) is 0 Å². The van der Waals surface area contributed by atoms with E-state index in [0.717, 1.165) is 0 Å². The van der Waals surface area contributed by atoms with E-state index in [9.17, 15) is 9.59 Å². The van der Waals surface area contributed by atoms with Crippen LogP contribution in [-0.4, -0.2) is 18.9 Å². The van der Waals surface area contributed by atoms with E-state index in [4.69, 9.17) is 17.3 Å². The third kappa shape index (κ3) is 3.32. The summed E-state index contributed by atoms with van der Waals surface area (Å²) in [4.78, 5) is 23.5. The van der Waals surface area contributed by atoms with Crippen molar-refractivity contribution in [1.82, 2.24) is 0 Å². The molecule has 0 heterocycles. The largest absolute Gasteiger partial charge is 0.387 e. The molecule has 5 nitrogen and oxygen atoms in total. The Morgan fingerprint density at radius 1 is 1.10 bits per heavy atom. The molecule has 0 atom stereocenters. The van der Waals surface area contributed by atoms with E-state index in [2.05, 4.69) is 10.6 Å². The zero-order valence-corrected chi connectivity index (χ0v) is 12.1. The Balaban J connectivity index is 2.28. The lowest BCUT2D eigenvalue weighted by Crippen LogP contribution is -2.16. The van der Waals surface area contributed by atoms with Crippen molar-refractivity contribution in [2.45, 2.75) is 0 Å². The molecule has 2 aromatic carbocycles. The Bertz CT molecular complexity index is 701. The maximum Gasteiger partial charge on any atom is 0.257 e. The summed E-state index contributed by atoms with van der Waals surface area (Å²) in [6.45, 7) is 0. The lowest BCUT2D eigenvalue weighted by molar-refractivity contribution is 0.0996. The van der Waals surface area contributed by atoms with Crippen molar-refractivity contribution in [3.63, 3.8) is 0 Å². The van der Waals surface area contributed by atoms with Crippen molar-refractivity contribution < 1.29 is 9.59 Å². The Kier molecular flexibility index (Phi) is 4.45. The third-order valence-corrected chi connectivity index (χ3v) is 3.26. The maximum atomic E-state index is 12.3. The van der Waals surface area contributed by atoms with Crippen molar-refractivity contribution >= 4 is 34.8 Å². The molecule has 0 aliphatic rings. The number of nitrogens with two attached hydrogens (primary N) is 1. The molecule has 2 aromatic rings. The quantitative estimate of drug-likeness (QED) is 0.812. The summed E-state index contributed by atoms with van der Waals surface area (Å²) < 4.78 is 0. The molecule has 6 heteroatoms. The van der Waals surface area contributed by atoms with E-state index in [-0.39, 0.29) is 16.5 Å². The Hall–Kier alpha value is -2.53. The first-order chi connectivity index (χ1) is 10.0. The molecule has 0 radical (unpaired) electrons. The van der Waals surface area contributed by atoms with Gasteiger partial charge in [0.25, 0.3) is 5.91 Å². The van der Waals surface area contributed by atoms with Crippen LogP contribution < -0.4 is 16.4 Å². The van der Waals surface area contributed by atoms with Crippen LogP contribution in [0.4, 0.5) is 11.4 Å². The number of para-hydroxylation sites is 1. The van der Waals surface area contributed by atoms with Crippen LogP contribution >= 0.6 is 11.6 Å². The van der Waals surface area contributed by atoms with Crippen molar-refractivity contribution in [1.29, 1.82) is 0 Å². The second-order valence-electron chi connectivity index (χ2n) is 4.31. The van der Waals surface area contributed by atoms with Crippen LogP contribution in [0.5, 0.6) is 0 Å². The number of nitrogens with one attached hydrogen (secondary N) is 2. The molecule has 2 rings (SSSR count). The summed E-state index contributed by atoms with van der Waals surface area (Å²) in [5.74, 6) is -0.940. The van der Waals surface area contributed by atoms with Crippen molar-refractivity contribution in [3.05, 3.63) is 58.6 Å². The summed E-state index contributed by atoms with van der Waals surface area (Å²) in [6, 6.07) is 11.7. The Morgan fingerprint density at radius 2 is 1.81 bits per heavy atom. The molecule has 21 heavy (non-hydrogen) atoms. The minimum atomic E-state index is -0.647. The fourth-order valence-electron chi connectivity index (χ4n) is 1.89. The molecule has 0 unspecified atom stereocenters. The number of amides is 2. The smallest absolute Gasteiger partial charge is 0.257 e. The standard InChI is InChI=1S/C15H14ClN3O2/c1-18-13-5-3-2-4-10(13)15(21)19-9-6-7-12(16)11(8-9)14(17)20/h2-8,18H,1H3,(H2,17,20)(H,19,21). The molecule has 2 amide bonds. The summed E-state index contributed by atoms with van der Waals surface area (Å²) >= 11 is 5.87. The molecular formula is C15H14ClN3O2. The lowest BCUT2D eigenvalue weighted by atomic mass is 10.1. The molecular weight excluding hydrogens is 290 g/mol. The average Bonchev–Trinajstić information content (AvgIpc) is 2.48. The van der Waals surface area contributed by atoms with Crippen LogP contribution in [0.25, 0.3) is 0 Å². The lowest BCUT2D eigenvalue weighted by Gasteiger charge is -2.10. The van der Waals surface area contributed by atoms with Crippen molar-refractivity contribution in [2.75, 3.05) is 17.7 Å². The fourth-order valence-corrected chi connectivity index (χ4v) is 2.10. The van der Waals surface area contributed by atoms with E-state index in [1.165, 1.54) is 12.1 Å². The number of carbonyl (C=O) groups excluding carboxylic acids is 2. The van der Waals surface area contributed by atoms with Gasteiger partial charge in [-0.05, 0) is 30.3 Å². The summed E-state index contributed by atoms with van der Waals surface area (Å²) in [5.41, 5.74) is 7.04. The molecule has 0 saturated carbocycles. The van der Waals surface area contributed by atoms with Gasteiger partial charge in [-0.3, -0.25) is 9.59 Å². The molecule has 108 valence electrons. The van der Waals surface area contributed by atoms with E-state index >= 15 is 0 Å². The van der Waals surface area contributed by atoms with Gasteiger partial charge in [0.05, 0.1) is 16.1 Å². The minimum absolute atomic E-state index is 0.163. The second kappa shape index (κ2) is 6.28. The predicted molar refractivity (Wildman–Crippen MR) is 83.9 cm³/mol. The zero-order valence-electron chi connectivity index (χ0n) is 11.3. The van der Waals surface area contributed by atoms with Gasteiger partial charge in [-0.25, -0.2) is 0 Å². The van der Waals surface area contributed by atoms with Crippen LogP contribution in [0.15, 0.2) is 42.5 Å². The maximum absolute atomic E-state index is 12.3. The van der Waals surface area contributed by atoms with Gasteiger partial charge in [0.15, 0.2) is 0 Å². The number of hydrogen-bond donors (Lipinski definition) is 3. The number of halogens is 1.